The molecule has 3 rings (SSSR count). The Hall–Kier alpha value is -0.200. The summed E-state index contributed by atoms with van der Waals surface area (Å²) in [4.78, 5) is 10.7. The van der Waals surface area contributed by atoms with Crippen molar-refractivity contribution in [1.29, 1.82) is 0 Å². The lowest BCUT2D eigenvalue weighted by molar-refractivity contribution is 0.0428. The summed E-state index contributed by atoms with van der Waals surface area (Å²) >= 11 is 0. The second-order valence-corrected chi connectivity index (χ2v) is 8.95. The Morgan fingerprint density at radius 2 is 1.84 bits per heavy atom. The minimum Gasteiger partial charge on any atom is -0.330 e. The van der Waals surface area contributed by atoms with Crippen LogP contribution >= 0.6 is 0 Å². The van der Waals surface area contributed by atoms with Gasteiger partial charge in [-0.05, 0) is 65.7 Å². The third kappa shape index (κ3) is 4.22. The number of nitrogens with two attached hydrogens (primary N) is 1. The van der Waals surface area contributed by atoms with Crippen molar-refractivity contribution in [3.05, 3.63) is 0 Å². The van der Waals surface area contributed by atoms with E-state index in [0.29, 0.717) is 17.6 Å². The zero-order chi connectivity index (χ0) is 18.0. The van der Waals surface area contributed by atoms with Crippen molar-refractivity contribution < 1.29 is 0 Å². The molecule has 5 heteroatoms. The van der Waals surface area contributed by atoms with Gasteiger partial charge in [0.05, 0.1) is 0 Å². The van der Waals surface area contributed by atoms with Gasteiger partial charge < -0.3 is 15.5 Å². The van der Waals surface area contributed by atoms with Crippen molar-refractivity contribution in [2.24, 2.45) is 11.7 Å². The Labute approximate surface area is 155 Å². The topological polar surface area (TPSA) is 39.0 Å². The summed E-state index contributed by atoms with van der Waals surface area (Å²) in [5, 5.41) is 0. The van der Waals surface area contributed by atoms with Gasteiger partial charge >= 0.3 is 0 Å². The Morgan fingerprint density at radius 3 is 2.52 bits per heavy atom. The van der Waals surface area contributed by atoms with Gasteiger partial charge in [-0.15, -0.1) is 0 Å². The lowest BCUT2D eigenvalue weighted by Gasteiger charge is -2.44. The van der Waals surface area contributed by atoms with Gasteiger partial charge in [0.2, 0.25) is 0 Å². The van der Waals surface area contributed by atoms with Crippen LogP contribution < -0.4 is 5.73 Å². The molecule has 3 atom stereocenters. The molecule has 146 valence electrons. The van der Waals surface area contributed by atoms with Crippen LogP contribution in [0.2, 0.25) is 0 Å². The molecule has 3 aliphatic rings. The van der Waals surface area contributed by atoms with Crippen LogP contribution in [0.4, 0.5) is 0 Å². The minimum absolute atomic E-state index is 0.505. The van der Waals surface area contributed by atoms with Crippen molar-refractivity contribution in [2.45, 2.75) is 57.7 Å². The van der Waals surface area contributed by atoms with Crippen molar-refractivity contribution >= 4 is 0 Å². The fraction of sp³-hybridized carbons (Fsp3) is 1.00. The molecule has 25 heavy (non-hydrogen) atoms. The summed E-state index contributed by atoms with van der Waals surface area (Å²) in [6.45, 7) is 17.7. The van der Waals surface area contributed by atoms with E-state index in [9.17, 15) is 0 Å². The number of hydrogen-bond donors (Lipinski definition) is 1. The number of piperazine rings is 2. The van der Waals surface area contributed by atoms with E-state index in [0.717, 1.165) is 18.9 Å². The number of hydrogen-bond acceptors (Lipinski definition) is 5. The summed E-state index contributed by atoms with van der Waals surface area (Å²) in [6, 6.07) is 1.29. The summed E-state index contributed by atoms with van der Waals surface area (Å²) in [7, 11) is 2.35. The fourth-order valence-corrected chi connectivity index (χ4v) is 5.38. The van der Waals surface area contributed by atoms with Crippen molar-refractivity contribution in [3.63, 3.8) is 0 Å². The maximum absolute atomic E-state index is 5.88. The van der Waals surface area contributed by atoms with Gasteiger partial charge in [-0.25, -0.2) is 0 Å². The van der Waals surface area contributed by atoms with Crippen LogP contribution in [-0.4, -0.2) is 103 Å². The van der Waals surface area contributed by atoms with Crippen LogP contribution in [0.5, 0.6) is 0 Å². The Bertz CT molecular complexity index is 428. The van der Waals surface area contributed by atoms with E-state index in [2.05, 4.69) is 47.4 Å². The molecule has 3 fully saturated rings. The Balaban J connectivity index is 1.48. The van der Waals surface area contributed by atoms with Gasteiger partial charge in [0, 0.05) is 56.9 Å². The molecule has 0 bridgehead atoms. The molecule has 1 saturated carbocycles. The molecular formula is C20H41N5. The highest BCUT2D eigenvalue weighted by atomic mass is 15.3. The molecular weight excluding hydrogens is 310 g/mol. The predicted molar refractivity (Wildman–Crippen MR) is 106 cm³/mol. The zero-order valence-electron chi connectivity index (χ0n) is 17.1. The average Bonchev–Trinajstić information content (AvgIpc) is 3.29. The summed E-state index contributed by atoms with van der Waals surface area (Å²) in [6.07, 6.45) is 3.92. The van der Waals surface area contributed by atoms with E-state index in [-0.39, 0.29) is 0 Å². The molecule has 1 aliphatic carbocycles. The summed E-state index contributed by atoms with van der Waals surface area (Å²) < 4.78 is 0. The van der Waals surface area contributed by atoms with Crippen molar-refractivity contribution in [1.82, 2.24) is 19.6 Å². The molecule has 2 heterocycles. The third-order valence-electron chi connectivity index (χ3n) is 7.23. The molecule has 1 spiro atoms. The molecule has 0 amide bonds. The second-order valence-electron chi connectivity index (χ2n) is 8.95. The first-order chi connectivity index (χ1) is 12.0. The Kier molecular flexibility index (Phi) is 6.43. The molecule has 0 radical (unpaired) electrons. The first-order valence-corrected chi connectivity index (χ1v) is 10.6. The van der Waals surface area contributed by atoms with Crippen molar-refractivity contribution in [2.75, 3.05) is 66.0 Å². The van der Waals surface area contributed by atoms with E-state index in [1.165, 1.54) is 65.2 Å². The molecule has 0 aromatic carbocycles. The van der Waals surface area contributed by atoms with E-state index in [1.54, 1.807) is 0 Å². The highest BCUT2D eigenvalue weighted by Crippen LogP contribution is 2.51. The van der Waals surface area contributed by atoms with E-state index < -0.39 is 0 Å². The highest BCUT2D eigenvalue weighted by molar-refractivity contribution is 5.14. The van der Waals surface area contributed by atoms with Crippen LogP contribution in [0, 0.1) is 5.92 Å². The average molecular weight is 352 g/mol. The van der Waals surface area contributed by atoms with Gasteiger partial charge in [-0.3, -0.25) is 9.80 Å². The third-order valence-corrected chi connectivity index (χ3v) is 7.23. The maximum atomic E-state index is 5.88. The highest BCUT2D eigenvalue weighted by Gasteiger charge is 2.58. The van der Waals surface area contributed by atoms with Gasteiger partial charge in [0.1, 0.15) is 0 Å². The van der Waals surface area contributed by atoms with Crippen LogP contribution in [0.1, 0.15) is 40.0 Å². The number of likely N-dealkylation sites (N-methyl/N-ethyl adjacent to an activating group) is 2. The van der Waals surface area contributed by atoms with E-state index >= 15 is 0 Å². The molecule has 2 saturated heterocycles. The van der Waals surface area contributed by atoms with E-state index in [1.807, 2.05) is 0 Å². The zero-order valence-corrected chi connectivity index (χ0v) is 17.1. The maximum Gasteiger partial charge on any atom is 0.0366 e. The molecule has 0 aromatic rings. The van der Waals surface area contributed by atoms with Crippen LogP contribution in [0.25, 0.3) is 0 Å². The smallest absolute Gasteiger partial charge is 0.0366 e. The molecule has 3 unspecified atom stereocenters. The minimum atomic E-state index is 0.505. The predicted octanol–water partition coefficient (Wildman–Crippen LogP) is 1.15. The standard InChI is InChI=1S/C20H41N5/c1-5-23-11-10-22(4)20(16-23)14-18(20)7-9-24-12-13-25(17(2)3)19(15-24)6-8-21/h17-19H,5-16,21H2,1-4H3. The van der Waals surface area contributed by atoms with Gasteiger partial charge in [-0.2, -0.15) is 0 Å². The second kappa shape index (κ2) is 8.22. The SMILES string of the molecule is CCN1CCN(C)C2(CC2CCN2CCN(C(C)C)C(CCN)C2)C1. The quantitative estimate of drug-likeness (QED) is 0.745. The van der Waals surface area contributed by atoms with Crippen LogP contribution in [0.3, 0.4) is 0 Å². The first-order valence-electron chi connectivity index (χ1n) is 10.6. The molecule has 5 nitrogen and oxygen atoms in total. The largest absolute Gasteiger partial charge is 0.330 e. The normalized spacial score (nSPS) is 35.8. The van der Waals surface area contributed by atoms with E-state index in [4.69, 9.17) is 5.73 Å². The lowest BCUT2D eigenvalue weighted by atomic mass is 10.0. The summed E-state index contributed by atoms with van der Waals surface area (Å²) in [5.74, 6) is 0.905. The fourth-order valence-electron chi connectivity index (χ4n) is 5.38. The van der Waals surface area contributed by atoms with Crippen LogP contribution in [0.15, 0.2) is 0 Å². The van der Waals surface area contributed by atoms with Crippen LogP contribution in [-0.2, 0) is 0 Å². The van der Waals surface area contributed by atoms with Gasteiger partial charge in [0.15, 0.2) is 0 Å². The molecule has 2 aliphatic heterocycles. The summed E-state index contributed by atoms with van der Waals surface area (Å²) in [5.41, 5.74) is 6.38. The molecule has 2 N–H and O–H groups in total. The first kappa shape index (κ1) is 19.6. The lowest BCUT2D eigenvalue weighted by Crippen LogP contribution is -2.56. The molecule has 0 aromatic heterocycles. The number of nitrogens with zero attached hydrogens (tertiary/aromatic N) is 4. The van der Waals surface area contributed by atoms with Gasteiger partial charge in [-0.1, -0.05) is 6.92 Å². The van der Waals surface area contributed by atoms with Crippen molar-refractivity contribution in [3.8, 4) is 0 Å². The Morgan fingerprint density at radius 1 is 1.08 bits per heavy atom. The number of rotatable bonds is 7. The monoisotopic (exact) mass is 351 g/mol. The van der Waals surface area contributed by atoms with Gasteiger partial charge in [0.25, 0.3) is 0 Å².